The highest BCUT2D eigenvalue weighted by Gasteiger charge is 2.39. The predicted molar refractivity (Wildman–Crippen MR) is 72.9 cm³/mol. The number of carboxylic acids is 1. The van der Waals surface area contributed by atoms with Gasteiger partial charge in [-0.15, -0.1) is 0 Å². The van der Waals surface area contributed by atoms with Crippen molar-refractivity contribution in [1.29, 1.82) is 5.26 Å². The van der Waals surface area contributed by atoms with Crippen LogP contribution in [0.2, 0.25) is 0 Å². The second-order valence-electron chi connectivity index (χ2n) is 4.95. The van der Waals surface area contributed by atoms with Gasteiger partial charge in [0.1, 0.15) is 6.04 Å². The average Bonchev–Trinajstić information content (AvgIpc) is 2.44. The van der Waals surface area contributed by atoms with Crippen LogP contribution in [0.15, 0.2) is 0 Å². The van der Waals surface area contributed by atoms with E-state index in [0.29, 0.717) is 19.3 Å². The summed E-state index contributed by atoms with van der Waals surface area (Å²) in [6.45, 7) is 3.84. The van der Waals surface area contributed by atoms with Crippen LogP contribution in [-0.2, 0) is 15.0 Å². The van der Waals surface area contributed by atoms with Gasteiger partial charge in [0.15, 0.2) is 0 Å². The van der Waals surface area contributed by atoms with Gasteiger partial charge in [-0.25, -0.2) is 0 Å². The van der Waals surface area contributed by atoms with E-state index in [1.54, 1.807) is 13.8 Å². The zero-order valence-corrected chi connectivity index (χ0v) is 12.6. The molecule has 0 aromatic rings. The van der Waals surface area contributed by atoms with Crippen LogP contribution in [0.1, 0.15) is 33.1 Å². The number of carbonyl (C=O) groups is 1. The van der Waals surface area contributed by atoms with Crippen LogP contribution in [0.3, 0.4) is 0 Å². The lowest BCUT2D eigenvalue weighted by Gasteiger charge is -2.35. The van der Waals surface area contributed by atoms with Gasteiger partial charge in [-0.2, -0.15) is 22.3 Å². The molecule has 0 bridgehead atoms. The van der Waals surface area contributed by atoms with Crippen LogP contribution in [0.4, 0.5) is 0 Å². The fraction of sp³-hybridized carbons (Fsp3) is 0.833. The molecule has 20 heavy (non-hydrogen) atoms. The topological polar surface area (TPSA) is 102 Å². The molecular formula is C12H21N3O4S. The molecule has 1 heterocycles. The first kappa shape index (κ1) is 16.9. The van der Waals surface area contributed by atoms with E-state index in [1.165, 1.54) is 4.31 Å². The Morgan fingerprint density at radius 2 is 2.20 bits per heavy atom. The molecular weight excluding hydrogens is 282 g/mol. The molecule has 1 saturated heterocycles. The van der Waals surface area contributed by atoms with Gasteiger partial charge in [0.05, 0.1) is 12.0 Å². The summed E-state index contributed by atoms with van der Waals surface area (Å²) in [6.07, 6.45) is 1.71. The van der Waals surface area contributed by atoms with E-state index in [1.807, 2.05) is 6.07 Å². The standard InChI is InChI=1S/C12H21N3O4S/c1-3-14(9-10(2)8-13)20(18,19)15-7-5-4-6-11(15)12(16)17/h10-11H,3-7,9H2,1-2H3,(H,16,17)/t10-,11-/m1/s1. The zero-order valence-electron chi connectivity index (χ0n) is 11.8. The van der Waals surface area contributed by atoms with Gasteiger partial charge in [-0.05, 0) is 26.2 Å². The summed E-state index contributed by atoms with van der Waals surface area (Å²) in [5.41, 5.74) is 0. The predicted octanol–water partition coefficient (Wildman–Crippen LogP) is 0.652. The van der Waals surface area contributed by atoms with E-state index >= 15 is 0 Å². The second kappa shape index (κ2) is 7.02. The summed E-state index contributed by atoms with van der Waals surface area (Å²) in [4.78, 5) is 11.2. The van der Waals surface area contributed by atoms with Crippen molar-refractivity contribution in [3.05, 3.63) is 0 Å². The Labute approximate surface area is 120 Å². The summed E-state index contributed by atoms with van der Waals surface area (Å²) in [5.74, 6) is -1.55. The lowest BCUT2D eigenvalue weighted by Crippen LogP contribution is -2.53. The largest absolute Gasteiger partial charge is 0.480 e. The molecule has 0 unspecified atom stereocenters. The van der Waals surface area contributed by atoms with Crippen molar-refractivity contribution in [1.82, 2.24) is 8.61 Å². The van der Waals surface area contributed by atoms with Crippen molar-refractivity contribution in [3.63, 3.8) is 0 Å². The van der Waals surface area contributed by atoms with Crippen LogP contribution in [0.25, 0.3) is 0 Å². The Balaban J connectivity index is 2.99. The number of rotatable bonds is 6. The van der Waals surface area contributed by atoms with E-state index < -0.39 is 28.1 Å². The molecule has 0 aromatic heterocycles. The summed E-state index contributed by atoms with van der Waals surface area (Å²) < 4.78 is 27.4. The molecule has 1 N–H and O–H groups in total. The van der Waals surface area contributed by atoms with E-state index in [9.17, 15) is 18.3 Å². The molecule has 1 aliphatic heterocycles. The molecule has 7 nitrogen and oxygen atoms in total. The summed E-state index contributed by atoms with van der Waals surface area (Å²) >= 11 is 0. The monoisotopic (exact) mass is 303 g/mol. The molecule has 1 rings (SSSR count). The fourth-order valence-electron chi connectivity index (χ4n) is 2.31. The molecule has 8 heteroatoms. The minimum Gasteiger partial charge on any atom is -0.480 e. The van der Waals surface area contributed by atoms with Crippen molar-refractivity contribution in [2.75, 3.05) is 19.6 Å². The molecule has 2 atom stereocenters. The molecule has 0 radical (unpaired) electrons. The van der Waals surface area contributed by atoms with Gasteiger partial charge in [-0.3, -0.25) is 4.79 Å². The van der Waals surface area contributed by atoms with E-state index in [0.717, 1.165) is 4.31 Å². The highest BCUT2D eigenvalue weighted by molar-refractivity contribution is 7.86. The van der Waals surface area contributed by atoms with E-state index in [2.05, 4.69) is 0 Å². The van der Waals surface area contributed by atoms with Crippen molar-refractivity contribution < 1.29 is 18.3 Å². The van der Waals surface area contributed by atoms with E-state index in [-0.39, 0.29) is 19.6 Å². The second-order valence-corrected chi connectivity index (χ2v) is 6.83. The summed E-state index contributed by atoms with van der Waals surface area (Å²) in [6, 6.07) is 0.998. The number of aliphatic carboxylic acids is 1. The number of carboxylic acid groups (broad SMARTS) is 1. The quantitative estimate of drug-likeness (QED) is 0.776. The molecule has 0 aliphatic carbocycles. The molecule has 1 fully saturated rings. The molecule has 0 spiro atoms. The first-order valence-electron chi connectivity index (χ1n) is 6.74. The lowest BCUT2D eigenvalue weighted by molar-refractivity contribution is -0.142. The molecule has 1 aliphatic rings. The minimum absolute atomic E-state index is 0.0815. The maximum Gasteiger partial charge on any atom is 0.322 e. The SMILES string of the molecule is CCN(C[C@H](C)C#N)S(=O)(=O)N1CCCC[C@@H]1C(=O)O. The fourth-order valence-corrected chi connectivity index (χ4v) is 4.22. The van der Waals surface area contributed by atoms with Gasteiger partial charge in [-0.1, -0.05) is 6.92 Å². The first-order valence-corrected chi connectivity index (χ1v) is 8.13. The number of nitrogens with zero attached hydrogens (tertiary/aromatic N) is 3. The van der Waals surface area contributed by atoms with Gasteiger partial charge in [0.2, 0.25) is 0 Å². The van der Waals surface area contributed by atoms with Crippen molar-refractivity contribution in [2.45, 2.75) is 39.2 Å². The van der Waals surface area contributed by atoms with Crippen LogP contribution in [0.5, 0.6) is 0 Å². The lowest BCUT2D eigenvalue weighted by atomic mass is 10.1. The third kappa shape index (κ3) is 3.69. The summed E-state index contributed by atoms with van der Waals surface area (Å²) in [7, 11) is -3.84. The Morgan fingerprint density at radius 3 is 2.70 bits per heavy atom. The Morgan fingerprint density at radius 1 is 1.55 bits per heavy atom. The number of nitriles is 1. The third-order valence-corrected chi connectivity index (χ3v) is 5.50. The van der Waals surface area contributed by atoms with Crippen molar-refractivity contribution in [3.8, 4) is 6.07 Å². The Hall–Kier alpha value is -1.17. The molecule has 0 saturated carbocycles. The minimum atomic E-state index is -3.84. The normalized spacial score (nSPS) is 22.4. The molecule has 0 amide bonds. The van der Waals surface area contributed by atoms with Crippen LogP contribution >= 0.6 is 0 Å². The maximum absolute atomic E-state index is 12.6. The van der Waals surface area contributed by atoms with Crippen LogP contribution in [-0.4, -0.2) is 53.8 Å². The average molecular weight is 303 g/mol. The first-order chi connectivity index (χ1) is 9.34. The van der Waals surface area contributed by atoms with Gasteiger partial charge >= 0.3 is 5.97 Å². The van der Waals surface area contributed by atoms with Crippen molar-refractivity contribution in [2.24, 2.45) is 5.92 Å². The van der Waals surface area contributed by atoms with Crippen LogP contribution < -0.4 is 0 Å². The zero-order chi connectivity index (χ0) is 15.3. The molecule has 0 aromatic carbocycles. The number of hydrogen-bond donors (Lipinski definition) is 1. The van der Waals surface area contributed by atoms with Gasteiger partial charge in [0.25, 0.3) is 10.2 Å². The van der Waals surface area contributed by atoms with Gasteiger partial charge < -0.3 is 5.11 Å². The smallest absolute Gasteiger partial charge is 0.322 e. The van der Waals surface area contributed by atoms with Crippen LogP contribution in [0, 0.1) is 17.2 Å². The summed E-state index contributed by atoms with van der Waals surface area (Å²) in [5, 5.41) is 18.0. The Bertz CT molecular complexity index is 485. The van der Waals surface area contributed by atoms with Crippen molar-refractivity contribution >= 4 is 16.2 Å². The van der Waals surface area contributed by atoms with Gasteiger partial charge in [0, 0.05) is 19.6 Å². The highest BCUT2D eigenvalue weighted by atomic mass is 32.2. The molecule has 114 valence electrons. The number of hydrogen-bond acceptors (Lipinski definition) is 4. The number of piperidine rings is 1. The maximum atomic E-state index is 12.6. The third-order valence-electron chi connectivity index (χ3n) is 3.41. The highest BCUT2D eigenvalue weighted by Crippen LogP contribution is 2.23. The Kier molecular flexibility index (Phi) is 5.92. The van der Waals surface area contributed by atoms with E-state index in [4.69, 9.17) is 5.26 Å².